The average molecular weight is 292 g/mol. The molecule has 1 heterocycles. The van der Waals surface area contributed by atoms with Crippen molar-refractivity contribution in [3.63, 3.8) is 0 Å². The number of carbonyl (C=O) groups excluding carboxylic acids is 1. The maximum Gasteiger partial charge on any atom is 0.325 e. The molecule has 5 nitrogen and oxygen atoms in total. The monoisotopic (exact) mass is 292 g/mol. The second-order valence-electron chi connectivity index (χ2n) is 4.20. The molecule has 0 saturated heterocycles. The first-order valence-electron chi connectivity index (χ1n) is 6.05. The second-order valence-corrected chi connectivity index (χ2v) is 4.20. The van der Waals surface area contributed by atoms with E-state index in [1.807, 2.05) is 0 Å². The van der Waals surface area contributed by atoms with Crippen LogP contribution in [0.15, 0.2) is 23.1 Å². The first-order chi connectivity index (χ1) is 9.97. The predicted octanol–water partition coefficient (Wildman–Crippen LogP) is 1.71. The molecule has 0 amide bonds. The molecular weight excluding hydrogens is 282 g/mol. The summed E-state index contributed by atoms with van der Waals surface area (Å²) in [5, 5.41) is 8.62. The molecule has 0 N–H and O–H groups in total. The fraction of sp³-hybridized carbons (Fsp3) is 0.214. The van der Waals surface area contributed by atoms with Crippen LogP contribution < -0.4 is 5.43 Å². The zero-order chi connectivity index (χ0) is 15.6. The summed E-state index contributed by atoms with van der Waals surface area (Å²) in [6.07, 6.45) is 1.06. The lowest BCUT2D eigenvalue weighted by Crippen LogP contribution is -2.19. The third kappa shape index (κ3) is 2.74. The molecule has 0 spiro atoms. The Balaban J connectivity index is 2.75. The summed E-state index contributed by atoms with van der Waals surface area (Å²) in [5.41, 5.74) is -1.34. The van der Waals surface area contributed by atoms with Crippen LogP contribution >= 0.6 is 0 Å². The Kier molecular flexibility index (Phi) is 3.98. The van der Waals surface area contributed by atoms with Crippen LogP contribution in [0.3, 0.4) is 0 Å². The lowest BCUT2D eigenvalue weighted by atomic mass is 10.1. The number of carbonyl (C=O) groups is 1. The minimum absolute atomic E-state index is 0.138. The second kappa shape index (κ2) is 5.71. The Labute approximate surface area is 118 Å². The molecule has 0 saturated carbocycles. The van der Waals surface area contributed by atoms with E-state index in [9.17, 15) is 18.4 Å². The number of rotatable bonds is 3. The molecule has 2 aromatic rings. The van der Waals surface area contributed by atoms with E-state index in [-0.39, 0.29) is 29.6 Å². The van der Waals surface area contributed by atoms with Crippen LogP contribution in [0.5, 0.6) is 0 Å². The number of nitrogens with zero attached hydrogens (tertiary/aromatic N) is 2. The fourth-order valence-corrected chi connectivity index (χ4v) is 2.01. The van der Waals surface area contributed by atoms with E-state index in [1.165, 1.54) is 0 Å². The van der Waals surface area contributed by atoms with Gasteiger partial charge in [0.1, 0.15) is 24.0 Å². The number of aromatic nitrogens is 1. The molecule has 0 aliphatic carbocycles. The molecule has 2 rings (SSSR count). The quantitative estimate of drug-likeness (QED) is 0.807. The van der Waals surface area contributed by atoms with Crippen LogP contribution in [0.2, 0.25) is 0 Å². The number of esters is 1. The number of hydrogen-bond acceptors (Lipinski definition) is 4. The molecule has 108 valence electrons. The Morgan fingerprint density at radius 3 is 2.76 bits per heavy atom. The molecule has 0 aliphatic rings. The number of benzene rings is 1. The topological polar surface area (TPSA) is 72.1 Å². The van der Waals surface area contributed by atoms with Crippen LogP contribution in [0, 0.1) is 23.0 Å². The van der Waals surface area contributed by atoms with Crippen molar-refractivity contribution in [3.05, 3.63) is 45.8 Å². The molecule has 0 unspecified atom stereocenters. The van der Waals surface area contributed by atoms with Crippen molar-refractivity contribution < 1.29 is 18.3 Å². The Morgan fingerprint density at radius 1 is 1.43 bits per heavy atom. The third-order valence-corrected chi connectivity index (χ3v) is 2.81. The Morgan fingerprint density at radius 2 is 2.14 bits per heavy atom. The van der Waals surface area contributed by atoms with Gasteiger partial charge in [0, 0.05) is 12.3 Å². The summed E-state index contributed by atoms with van der Waals surface area (Å²) < 4.78 is 33.0. The van der Waals surface area contributed by atoms with Gasteiger partial charge in [-0.1, -0.05) is 0 Å². The van der Waals surface area contributed by atoms with Gasteiger partial charge >= 0.3 is 5.97 Å². The van der Waals surface area contributed by atoms with Gasteiger partial charge in [0.2, 0.25) is 5.43 Å². The lowest BCUT2D eigenvalue weighted by Gasteiger charge is -2.11. The smallest absolute Gasteiger partial charge is 0.325 e. The van der Waals surface area contributed by atoms with Gasteiger partial charge in [-0.2, -0.15) is 5.26 Å². The Bertz CT molecular complexity index is 822. The van der Waals surface area contributed by atoms with Gasteiger partial charge in [-0.3, -0.25) is 9.59 Å². The van der Waals surface area contributed by atoms with Crippen molar-refractivity contribution in [2.45, 2.75) is 13.5 Å². The third-order valence-electron chi connectivity index (χ3n) is 2.81. The van der Waals surface area contributed by atoms with E-state index < -0.39 is 23.0 Å². The fourth-order valence-electron chi connectivity index (χ4n) is 2.01. The van der Waals surface area contributed by atoms with Crippen LogP contribution in [0.1, 0.15) is 12.5 Å². The van der Waals surface area contributed by atoms with Gasteiger partial charge < -0.3 is 9.30 Å². The first kappa shape index (κ1) is 14.7. The number of ether oxygens (including phenoxy) is 1. The molecule has 21 heavy (non-hydrogen) atoms. The van der Waals surface area contributed by atoms with Crippen molar-refractivity contribution in [1.82, 2.24) is 4.57 Å². The zero-order valence-electron chi connectivity index (χ0n) is 11.0. The van der Waals surface area contributed by atoms with Gasteiger partial charge in [-0.05, 0) is 13.0 Å². The minimum atomic E-state index is -0.990. The van der Waals surface area contributed by atoms with Crippen LogP contribution in [-0.2, 0) is 16.1 Å². The Hall–Kier alpha value is -2.75. The number of nitriles is 1. The average Bonchev–Trinajstić information content (AvgIpc) is 2.41. The molecule has 1 aromatic heterocycles. The standard InChI is InChI=1S/C14H10F2N2O3/c1-2-21-12(19)7-18-6-8(5-17)14(20)10-3-9(15)4-11(16)13(10)18/h3-4,6H,2,7H2,1H3. The van der Waals surface area contributed by atoms with E-state index in [0.29, 0.717) is 6.07 Å². The molecule has 0 bridgehead atoms. The van der Waals surface area contributed by atoms with Crippen LogP contribution in [-0.4, -0.2) is 17.1 Å². The highest BCUT2D eigenvalue weighted by atomic mass is 19.1. The number of hydrogen-bond donors (Lipinski definition) is 0. The highest BCUT2D eigenvalue weighted by Crippen LogP contribution is 2.18. The van der Waals surface area contributed by atoms with Gasteiger partial charge in [0.05, 0.1) is 17.5 Å². The molecular formula is C14H10F2N2O3. The summed E-state index contributed by atoms with van der Waals surface area (Å²) in [6.45, 7) is 1.36. The molecule has 0 fully saturated rings. The van der Waals surface area contributed by atoms with Gasteiger partial charge in [0.25, 0.3) is 0 Å². The van der Waals surface area contributed by atoms with Gasteiger partial charge in [-0.15, -0.1) is 0 Å². The summed E-state index contributed by atoms with van der Waals surface area (Å²) in [5.74, 6) is -2.58. The van der Waals surface area contributed by atoms with Crippen molar-refractivity contribution in [1.29, 1.82) is 5.26 Å². The highest BCUT2D eigenvalue weighted by Gasteiger charge is 2.16. The number of fused-ring (bicyclic) bond motifs is 1. The normalized spacial score (nSPS) is 10.4. The van der Waals surface area contributed by atoms with Gasteiger partial charge in [-0.25, -0.2) is 8.78 Å². The van der Waals surface area contributed by atoms with Crippen molar-refractivity contribution in [3.8, 4) is 6.07 Å². The summed E-state index contributed by atoms with van der Waals surface area (Å²) in [4.78, 5) is 23.5. The number of pyridine rings is 1. The van der Waals surface area contributed by atoms with Crippen molar-refractivity contribution in [2.75, 3.05) is 6.61 Å². The molecule has 0 radical (unpaired) electrons. The predicted molar refractivity (Wildman–Crippen MR) is 69.5 cm³/mol. The first-order valence-corrected chi connectivity index (χ1v) is 6.05. The van der Waals surface area contributed by atoms with Gasteiger partial charge in [0.15, 0.2) is 5.82 Å². The summed E-state index contributed by atoms with van der Waals surface area (Å²) >= 11 is 0. The zero-order valence-corrected chi connectivity index (χ0v) is 11.0. The number of halogens is 2. The van der Waals surface area contributed by atoms with E-state index in [1.54, 1.807) is 13.0 Å². The highest BCUT2D eigenvalue weighted by molar-refractivity contribution is 5.82. The molecule has 0 aliphatic heterocycles. The summed E-state index contributed by atoms with van der Waals surface area (Å²) in [7, 11) is 0. The molecule has 0 atom stereocenters. The lowest BCUT2D eigenvalue weighted by molar-refractivity contribution is -0.143. The van der Waals surface area contributed by atoms with Crippen LogP contribution in [0.4, 0.5) is 8.78 Å². The maximum absolute atomic E-state index is 13.9. The van der Waals surface area contributed by atoms with Crippen molar-refractivity contribution in [2.24, 2.45) is 0 Å². The van der Waals surface area contributed by atoms with Crippen molar-refractivity contribution >= 4 is 16.9 Å². The minimum Gasteiger partial charge on any atom is -0.465 e. The molecule has 1 aromatic carbocycles. The SMILES string of the molecule is CCOC(=O)Cn1cc(C#N)c(=O)c2cc(F)cc(F)c21. The largest absolute Gasteiger partial charge is 0.465 e. The van der Waals surface area contributed by atoms with E-state index in [0.717, 1.165) is 16.8 Å². The summed E-state index contributed by atoms with van der Waals surface area (Å²) in [6, 6.07) is 3.08. The maximum atomic E-state index is 13.9. The van der Waals surface area contributed by atoms with E-state index in [2.05, 4.69) is 0 Å². The van der Waals surface area contributed by atoms with E-state index in [4.69, 9.17) is 10.00 Å². The molecule has 7 heteroatoms. The van der Waals surface area contributed by atoms with E-state index >= 15 is 0 Å². The van der Waals surface area contributed by atoms with Crippen LogP contribution in [0.25, 0.3) is 10.9 Å².